The molecule has 0 aromatic heterocycles. The number of allylic oxidation sites excluding steroid dienone is 6. The molecule has 0 saturated carbocycles. The zero-order chi connectivity index (χ0) is 8.85. The summed E-state index contributed by atoms with van der Waals surface area (Å²) in [5.74, 6) is 0. The average Bonchev–Trinajstić information content (AvgIpc) is 1.87. The van der Waals surface area contributed by atoms with Gasteiger partial charge in [0.15, 0.2) is 0 Å². The fourth-order valence-electron chi connectivity index (χ4n) is 0.717. The zero-order valence-electron chi connectivity index (χ0n) is 7.65. The average molecular weight is 164 g/mol. The van der Waals surface area contributed by atoms with Crippen molar-refractivity contribution in [2.24, 2.45) is 0 Å². The van der Waals surface area contributed by atoms with Crippen molar-refractivity contribution in [3.8, 4) is 0 Å². The molecule has 0 aromatic carbocycles. The van der Waals surface area contributed by atoms with Gasteiger partial charge < -0.3 is 0 Å². The zero-order valence-corrected chi connectivity index (χ0v) is 7.65. The van der Waals surface area contributed by atoms with Crippen molar-refractivity contribution in [1.82, 2.24) is 0 Å². The van der Waals surface area contributed by atoms with Gasteiger partial charge in [-0.3, -0.25) is 0 Å². The SMILES string of the molecule is C.C=C(C)/C=C\C(=C/C)C(=C)C. The number of rotatable bonds is 3. The van der Waals surface area contributed by atoms with E-state index in [2.05, 4.69) is 13.2 Å². The van der Waals surface area contributed by atoms with Gasteiger partial charge in [-0.2, -0.15) is 0 Å². The largest absolute Gasteiger partial charge is 0.0961 e. The van der Waals surface area contributed by atoms with Crippen LogP contribution < -0.4 is 0 Å². The third-order valence-electron chi connectivity index (χ3n) is 1.35. The molecule has 0 atom stereocenters. The topological polar surface area (TPSA) is 0 Å². The van der Waals surface area contributed by atoms with E-state index >= 15 is 0 Å². The Morgan fingerprint density at radius 1 is 1.08 bits per heavy atom. The highest BCUT2D eigenvalue weighted by Crippen LogP contribution is 2.08. The molecule has 0 aliphatic rings. The van der Waals surface area contributed by atoms with Crippen molar-refractivity contribution < 1.29 is 0 Å². The van der Waals surface area contributed by atoms with Crippen molar-refractivity contribution in [2.45, 2.75) is 28.2 Å². The summed E-state index contributed by atoms with van der Waals surface area (Å²) in [7, 11) is 0. The van der Waals surface area contributed by atoms with Gasteiger partial charge in [0.05, 0.1) is 0 Å². The first-order valence-corrected chi connectivity index (χ1v) is 3.73. The first-order chi connectivity index (χ1) is 5.07. The van der Waals surface area contributed by atoms with Crippen LogP contribution in [0.4, 0.5) is 0 Å². The smallest absolute Gasteiger partial charge is 0.0276 e. The molecular weight excluding hydrogens is 144 g/mol. The molecule has 0 amide bonds. The Morgan fingerprint density at radius 3 is 1.83 bits per heavy atom. The van der Waals surface area contributed by atoms with Crippen LogP contribution in [0.1, 0.15) is 28.2 Å². The van der Waals surface area contributed by atoms with Crippen LogP contribution in [0.2, 0.25) is 0 Å². The van der Waals surface area contributed by atoms with Crippen molar-refractivity contribution in [3.63, 3.8) is 0 Å². The quantitative estimate of drug-likeness (QED) is 0.546. The van der Waals surface area contributed by atoms with Gasteiger partial charge in [-0.15, -0.1) is 0 Å². The molecule has 68 valence electrons. The standard InChI is InChI=1S/C11H16.CH4/c1-6-11(10(4)5)8-7-9(2)3;/h6-8H,2,4H2,1,3,5H3;1H4/b8-7-,11-6+;. The monoisotopic (exact) mass is 164 g/mol. The molecule has 0 aromatic rings. The van der Waals surface area contributed by atoms with E-state index in [-0.39, 0.29) is 7.43 Å². The van der Waals surface area contributed by atoms with Gasteiger partial charge in [0.2, 0.25) is 0 Å². The van der Waals surface area contributed by atoms with Crippen LogP contribution in [-0.4, -0.2) is 0 Å². The van der Waals surface area contributed by atoms with Gasteiger partial charge in [-0.25, -0.2) is 0 Å². The summed E-state index contributed by atoms with van der Waals surface area (Å²) in [4.78, 5) is 0. The van der Waals surface area contributed by atoms with Gasteiger partial charge in [-0.1, -0.05) is 50.0 Å². The van der Waals surface area contributed by atoms with Crippen molar-refractivity contribution in [3.05, 3.63) is 48.1 Å². The fourth-order valence-corrected chi connectivity index (χ4v) is 0.717. The third kappa shape index (κ3) is 5.72. The summed E-state index contributed by atoms with van der Waals surface area (Å²) in [6, 6.07) is 0. The molecule has 0 radical (unpaired) electrons. The summed E-state index contributed by atoms with van der Waals surface area (Å²) >= 11 is 0. The lowest BCUT2D eigenvalue weighted by molar-refractivity contribution is 1.41. The van der Waals surface area contributed by atoms with Crippen molar-refractivity contribution >= 4 is 0 Å². The second-order valence-corrected chi connectivity index (χ2v) is 2.70. The Kier molecular flexibility index (Phi) is 7.51. The highest BCUT2D eigenvalue weighted by molar-refractivity contribution is 5.38. The van der Waals surface area contributed by atoms with Crippen molar-refractivity contribution in [2.75, 3.05) is 0 Å². The lowest BCUT2D eigenvalue weighted by Crippen LogP contribution is -1.77. The van der Waals surface area contributed by atoms with E-state index in [4.69, 9.17) is 0 Å². The Morgan fingerprint density at radius 2 is 1.58 bits per heavy atom. The maximum atomic E-state index is 3.86. The molecule has 0 nitrogen and oxygen atoms in total. The van der Waals surface area contributed by atoms with E-state index in [1.165, 1.54) is 5.57 Å². The lowest BCUT2D eigenvalue weighted by Gasteiger charge is -1.97. The normalized spacial score (nSPS) is 11.1. The molecule has 0 fully saturated rings. The molecular formula is C12H20. The van der Waals surface area contributed by atoms with Crippen LogP contribution in [0.3, 0.4) is 0 Å². The van der Waals surface area contributed by atoms with Crippen molar-refractivity contribution in [1.29, 1.82) is 0 Å². The number of hydrogen-bond donors (Lipinski definition) is 0. The Bertz CT molecular complexity index is 214. The first-order valence-electron chi connectivity index (χ1n) is 3.73. The Balaban J connectivity index is 0. The molecule has 0 spiro atoms. The van der Waals surface area contributed by atoms with Gasteiger partial charge in [0.1, 0.15) is 0 Å². The van der Waals surface area contributed by atoms with E-state index in [0.717, 1.165) is 11.1 Å². The van der Waals surface area contributed by atoms with E-state index in [1.807, 2.05) is 39.0 Å². The molecule has 0 unspecified atom stereocenters. The van der Waals surface area contributed by atoms with Crippen LogP contribution in [0.15, 0.2) is 48.1 Å². The predicted molar refractivity (Wildman–Crippen MR) is 59.3 cm³/mol. The Labute approximate surface area is 77.0 Å². The fraction of sp³-hybridized carbons (Fsp3) is 0.333. The maximum absolute atomic E-state index is 3.86. The lowest BCUT2D eigenvalue weighted by atomic mass is 10.1. The summed E-state index contributed by atoms with van der Waals surface area (Å²) in [6.45, 7) is 13.6. The summed E-state index contributed by atoms with van der Waals surface area (Å²) in [5.41, 5.74) is 3.32. The highest BCUT2D eigenvalue weighted by atomic mass is 13.9. The maximum Gasteiger partial charge on any atom is -0.0276 e. The van der Waals surface area contributed by atoms with Gasteiger partial charge in [0, 0.05) is 0 Å². The van der Waals surface area contributed by atoms with E-state index in [9.17, 15) is 0 Å². The molecule has 0 heterocycles. The molecule has 0 aliphatic carbocycles. The molecule has 12 heavy (non-hydrogen) atoms. The second kappa shape index (κ2) is 6.66. The van der Waals surface area contributed by atoms with E-state index in [0.29, 0.717) is 0 Å². The minimum atomic E-state index is 0. The third-order valence-corrected chi connectivity index (χ3v) is 1.35. The van der Waals surface area contributed by atoms with Crippen LogP contribution >= 0.6 is 0 Å². The van der Waals surface area contributed by atoms with Gasteiger partial charge in [0.25, 0.3) is 0 Å². The van der Waals surface area contributed by atoms with Crippen LogP contribution in [-0.2, 0) is 0 Å². The molecule has 0 N–H and O–H groups in total. The molecule has 0 aliphatic heterocycles. The molecule has 0 heteroatoms. The summed E-state index contributed by atoms with van der Waals surface area (Å²) in [6.07, 6.45) is 6.07. The van der Waals surface area contributed by atoms with E-state index in [1.54, 1.807) is 0 Å². The molecule has 0 rings (SSSR count). The summed E-state index contributed by atoms with van der Waals surface area (Å²) < 4.78 is 0. The predicted octanol–water partition coefficient (Wildman–Crippen LogP) is 4.28. The minimum Gasteiger partial charge on any atom is -0.0961 e. The minimum absolute atomic E-state index is 0. The summed E-state index contributed by atoms with van der Waals surface area (Å²) in [5, 5.41) is 0. The van der Waals surface area contributed by atoms with Crippen LogP contribution in [0.5, 0.6) is 0 Å². The Hall–Kier alpha value is -1.04. The van der Waals surface area contributed by atoms with Crippen LogP contribution in [0.25, 0.3) is 0 Å². The molecule has 0 bridgehead atoms. The van der Waals surface area contributed by atoms with Crippen LogP contribution in [0, 0.1) is 0 Å². The first kappa shape index (κ1) is 13.5. The van der Waals surface area contributed by atoms with E-state index < -0.39 is 0 Å². The highest BCUT2D eigenvalue weighted by Gasteiger charge is 1.88. The van der Waals surface area contributed by atoms with Gasteiger partial charge in [-0.05, 0) is 26.3 Å². The van der Waals surface area contributed by atoms with Gasteiger partial charge >= 0.3 is 0 Å². The second-order valence-electron chi connectivity index (χ2n) is 2.70. The number of hydrogen-bond acceptors (Lipinski definition) is 0. The molecule has 0 saturated heterocycles.